The van der Waals surface area contributed by atoms with E-state index in [2.05, 4.69) is 15.9 Å². The predicted molar refractivity (Wildman–Crippen MR) is 62.7 cm³/mol. The molecule has 88 valence electrons. The number of aliphatic carboxylic acids is 1. The van der Waals surface area contributed by atoms with Gasteiger partial charge < -0.3 is 14.6 Å². The summed E-state index contributed by atoms with van der Waals surface area (Å²) in [5.74, 6) is -0.332. The minimum absolute atomic E-state index is 0.0743. The average Bonchev–Trinajstić information content (AvgIpc) is 2.21. The molecule has 16 heavy (non-hydrogen) atoms. The number of hydrogen-bond donors (Lipinski definition) is 1. The smallest absolute Gasteiger partial charge is 0.307 e. The largest absolute Gasteiger partial charge is 0.496 e. The van der Waals surface area contributed by atoms with Crippen molar-refractivity contribution in [3.05, 3.63) is 27.7 Å². The normalized spacial score (nSPS) is 10.2. The Kier molecular flexibility index (Phi) is 4.76. The van der Waals surface area contributed by atoms with Crippen LogP contribution in [0.3, 0.4) is 0 Å². The first-order valence-corrected chi connectivity index (χ1v) is 5.43. The molecule has 0 saturated carbocycles. The minimum Gasteiger partial charge on any atom is -0.496 e. The Hall–Kier alpha value is -1.07. The first-order chi connectivity index (χ1) is 7.58. The van der Waals surface area contributed by atoms with E-state index in [-0.39, 0.29) is 6.42 Å². The maximum Gasteiger partial charge on any atom is 0.307 e. The molecule has 5 heteroatoms. The molecule has 0 heterocycles. The standard InChI is InChI=1S/C11H13BrO4/c1-15-6-7-3-8(12)4-10(16-2)9(7)5-11(13)14/h3-4H,5-6H2,1-2H3,(H,13,14). The summed E-state index contributed by atoms with van der Waals surface area (Å²) < 4.78 is 11.0. The van der Waals surface area contributed by atoms with Crippen molar-refractivity contribution >= 4 is 21.9 Å². The minimum atomic E-state index is -0.891. The van der Waals surface area contributed by atoms with Crippen LogP contribution in [0.4, 0.5) is 0 Å². The summed E-state index contributed by atoms with van der Waals surface area (Å²) in [5.41, 5.74) is 1.47. The third-order valence-electron chi connectivity index (χ3n) is 2.11. The van der Waals surface area contributed by atoms with Crippen LogP contribution in [0, 0.1) is 0 Å². The summed E-state index contributed by atoms with van der Waals surface area (Å²) in [6.07, 6.45) is -0.0743. The first kappa shape index (κ1) is 13.0. The Labute approximate surface area is 102 Å². The molecule has 0 saturated heterocycles. The van der Waals surface area contributed by atoms with Gasteiger partial charge >= 0.3 is 5.97 Å². The summed E-state index contributed by atoms with van der Waals surface area (Å²) >= 11 is 3.34. The number of methoxy groups -OCH3 is 2. The van der Waals surface area contributed by atoms with Crippen LogP contribution in [0.2, 0.25) is 0 Å². The van der Waals surface area contributed by atoms with Crippen molar-refractivity contribution in [3.8, 4) is 5.75 Å². The predicted octanol–water partition coefficient (Wildman–Crippen LogP) is 2.23. The Bertz CT molecular complexity index is 390. The summed E-state index contributed by atoms with van der Waals surface area (Å²) in [5, 5.41) is 8.84. The van der Waals surface area contributed by atoms with E-state index in [1.54, 1.807) is 13.2 Å². The molecule has 0 spiro atoms. The van der Waals surface area contributed by atoms with Gasteiger partial charge in [0.05, 0.1) is 20.1 Å². The molecular formula is C11H13BrO4. The zero-order chi connectivity index (χ0) is 12.1. The highest BCUT2D eigenvalue weighted by molar-refractivity contribution is 9.10. The number of halogens is 1. The molecule has 1 aromatic carbocycles. The van der Waals surface area contributed by atoms with Gasteiger partial charge in [-0.2, -0.15) is 0 Å². The van der Waals surface area contributed by atoms with Crippen molar-refractivity contribution in [1.82, 2.24) is 0 Å². The molecule has 0 amide bonds. The van der Waals surface area contributed by atoms with Crippen LogP contribution in [0.5, 0.6) is 5.75 Å². The lowest BCUT2D eigenvalue weighted by molar-refractivity contribution is -0.136. The van der Waals surface area contributed by atoms with Crippen molar-refractivity contribution in [2.24, 2.45) is 0 Å². The lowest BCUT2D eigenvalue weighted by Gasteiger charge is -2.12. The monoisotopic (exact) mass is 288 g/mol. The van der Waals surface area contributed by atoms with Crippen LogP contribution < -0.4 is 4.74 Å². The number of ether oxygens (including phenoxy) is 2. The zero-order valence-corrected chi connectivity index (χ0v) is 10.7. The van der Waals surface area contributed by atoms with Crippen molar-refractivity contribution in [3.63, 3.8) is 0 Å². The molecule has 4 nitrogen and oxygen atoms in total. The van der Waals surface area contributed by atoms with Gasteiger partial charge in [0.25, 0.3) is 0 Å². The summed E-state index contributed by atoms with van der Waals surface area (Å²) in [4.78, 5) is 10.8. The van der Waals surface area contributed by atoms with Crippen molar-refractivity contribution in [2.75, 3.05) is 14.2 Å². The zero-order valence-electron chi connectivity index (χ0n) is 9.12. The first-order valence-electron chi connectivity index (χ1n) is 4.64. The lowest BCUT2D eigenvalue weighted by atomic mass is 10.0. The summed E-state index contributed by atoms with van der Waals surface area (Å²) in [7, 11) is 3.08. The maximum absolute atomic E-state index is 10.8. The molecule has 1 N–H and O–H groups in total. The molecule has 0 fully saturated rings. The van der Waals surface area contributed by atoms with Gasteiger partial charge in [-0.15, -0.1) is 0 Å². The third kappa shape index (κ3) is 3.21. The van der Waals surface area contributed by atoms with E-state index in [1.165, 1.54) is 7.11 Å². The van der Waals surface area contributed by atoms with E-state index >= 15 is 0 Å². The Morgan fingerprint density at radius 1 is 1.44 bits per heavy atom. The van der Waals surface area contributed by atoms with Gasteiger partial charge in [-0.3, -0.25) is 4.79 Å². The highest BCUT2D eigenvalue weighted by Gasteiger charge is 2.14. The Morgan fingerprint density at radius 3 is 2.62 bits per heavy atom. The number of hydrogen-bond acceptors (Lipinski definition) is 3. The van der Waals surface area contributed by atoms with Crippen molar-refractivity contribution in [2.45, 2.75) is 13.0 Å². The second kappa shape index (κ2) is 5.86. The molecule has 0 aliphatic rings. The fraction of sp³-hybridized carbons (Fsp3) is 0.364. The molecule has 0 atom stereocenters. The molecule has 0 bridgehead atoms. The molecule has 0 radical (unpaired) electrons. The third-order valence-corrected chi connectivity index (χ3v) is 2.57. The molecule has 0 aliphatic carbocycles. The fourth-order valence-corrected chi connectivity index (χ4v) is 1.97. The van der Waals surface area contributed by atoms with Gasteiger partial charge in [-0.25, -0.2) is 0 Å². The summed E-state index contributed by atoms with van der Waals surface area (Å²) in [6, 6.07) is 3.59. The number of carboxylic acid groups (broad SMARTS) is 1. The van der Waals surface area contributed by atoms with Crippen molar-refractivity contribution in [1.29, 1.82) is 0 Å². The van der Waals surface area contributed by atoms with Gasteiger partial charge in [-0.05, 0) is 17.7 Å². The van der Waals surface area contributed by atoms with Crippen LogP contribution in [0.1, 0.15) is 11.1 Å². The summed E-state index contributed by atoms with van der Waals surface area (Å²) in [6.45, 7) is 0.360. The van der Waals surface area contributed by atoms with E-state index in [1.807, 2.05) is 6.07 Å². The highest BCUT2D eigenvalue weighted by atomic mass is 79.9. The molecule has 0 aliphatic heterocycles. The molecule has 1 aromatic rings. The highest BCUT2D eigenvalue weighted by Crippen LogP contribution is 2.28. The van der Waals surface area contributed by atoms with Gasteiger partial charge in [0.1, 0.15) is 5.75 Å². The second-order valence-electron chi connectivity index (χ2n) is 3.25. The van der Waals surface area contributed by atoms with Gasteiger partial charge in [0.2, 0.25) is 0 Å². The fourth-order valence-electron chi connectivity index (χ4n) is 1.48. The van der Waals surface area contributed by atoms with E-state index < -0.39 is 5.97 Å². The van der Waals surface area contributed by atoms with Crippen LogP contribution in [0.25, 0.3) is 0 Å². The maximum atomic E-state index is 10.8. The van der Waals surface area contributed by atoms with Crippen LogP contribution in [0.15, 0.2) is 16.6 Å². The van der Waals surface area contributed by atoms with E-state index in [0.29, 0.717) is 17.9 Å². The second-order valence-corrected chi connectivity index (χ2v) is 4.16. The quantitative estimate of drug-likeness (QED) is 0.903. The molecular weight excluding hydrogens is 276 g/mol. The van der Waals surface area contributed by atoms with Crippen LogP contribution in [-0.2, 0) is 22.6 Å². The van der Waals surface area contributed by atoms with Gasteiger partial charge in [0, 0.05) is 17.1 Å². The number of benzene rings is 1. The number of carboxylic acids is 1. The van der Waals surface area contributed by atoms with Gasteiger partial charge in [-0.1, -0.05) is 15.9 Å². The van der Waals surface area contributed by atoms with E-state index in [9.17, 15) is 4.79 Å². The molecule has 0 unspecified atom stereocenters. The SMILES string of the molecule is COCc1cc(Br)cc(OC)c1CC(=O)O. The number of rotatable bonds is 5. The molecule has 1 rings (SSSR count). The van der Waals surface area contributed by atoms with Crippen molar-refractivity contribution < 1.29 is 19.4 Å². The Balaban J connectivity index is 3.20. The lowest BCUT2D eigenvalue weighted by Crippen LogP contribution is -2.07. The van der Waals surface area contributed by atoms with Gasteiger partial charge in [0.15, 0.2) is 0 Å². The molecule has 0 aromatic heterocycles. The van der Waals surface area contributed by atoms with E-state index in [4.69, 9.17) is 14.6 Å². The van der Waals surface area contributed by atoms with Crippen LogP contribution in [-0.4, -0.2) is 25.3 Å². The topological polar surface area (TPSA) is 55.8 Å². The van der Waals surface area contributed by atoms with E-state index in [0.717, 1.165) is 10.0 Å². The number of carbonyl (C=O) groups is 1. The average molecular weight is 289 g/mol. The van der Waals surface area contributed by atoms with Crippen LogP contribution >= 0.6 is 15.9 Å². The Morgan fingerprint density at radius 2 is 2.12 bits per heavy atom.